The van der Waals surface area contributed by atoms with Crippen LogP contribution in [0.15, 0.2) is 0 Å². The van der Waals surface area contributed by atoms with E-state index in [0.717, 1.165) is 0 Å². The second-order valence-electron chi connectivity index (χ2n) is 4.35. The van der Waals surface area contributed by atoms with Crippen molar-refractivity contribution >= 4 is 15.9 Å². The maximum absolute atomic E-state index is 12.0. The van der Waals surface area contributed by atoms with Crippen molar-refractivity contribution in [3.05, 3.63) is 0 Å². The maximum atomic E-state index is 12.0. The minimum absolute atomic E-state index is 0.0457. The third kappa shape index (κ3) is 3.65. The van der Waals surface area contributed by atoms with Crippen LogP contribution >= 0.6 is 0 Å². The summed E-state index contributed by atoms with van der Waals surface area (Å²) in [6.07, 6.45) is 1.41. The summed E-state index contributed by atoms with van der Waals surface area (Å²) in [6, 6.07) is 0. The smallest absolute Gasteiger partial charge is 0.241 e. The molecule has 0 atom stereocenters. The van der Waals surface area contributed by atoms with Crippen molar-refractivity contribution in [1.29, 1.82) is 0 Å². The zero-order chi connectivity index (χ0) is 12.9. The summed E-state index contributed by atoms with van der Waals surface area (Å²) in [7, 11) is -3.52. The normalized spacial score (nSPS) is 19.9. The Morgan fingerprint density at radius 2 is 2.00 bits per heavy atom. The summed E-state index contributed by atoms with van der Waals surface area (Å²) in [5.41, 5.74) is 4.83. The monoisotopic (exact) mass is 264 g/mol. The van der Waals surface area contributed by atoms with Crippen molar-refractivity contribution in [3.8, 4) is 0 Å². The molecule has 1 saturated heterocycles. The Bertz CT molecular complexity index is 361. The molecule has 6 nitrogen and oxygen atoms in total. The number of hydrogen-bond acceptors (Lipinski definition) is 5. The highest BCUT2D eigenvalue weighted by molar-refractivity contribution is 7.90. The van der Waals surface area contributed by atoms with Gasteiger partial charge in [0, 0.05) is 19.8 Å². The van der Waals surface area contributed by atoms with Gasteiger partial charge in [0.2, 0.25) is 15.9 Å². The van der Waals surface area contributed by atoms with E-state index in [1.54, 1.807) is 6.92 Å². The van der Waals surface area contributed by atoms with E-state index in [4.69, 9.17) is 10.5 Å². The molecule has 0 aliphatic carbocycles. The van der Waals surface area contributed by atoms with Crippen molar-refractivity contribution in [2.75, 3.05) is 25.5 Å². The third-order valence-corrected chi connectivity index (χ3v) is 4.49. The standard InChI is InChI=1S/C10H20N2O4S/c1-2-7-17(14,15)12-9(13)10(8-11)3-5-16-6-4-10/h2-8,11H2,1H3,(H,12,13). The summed E-state index contributed by atoms with van der Waals surface area (Å²) in [5.74, 6) is -0.535. The molecule has 0 bridgehead atoms. The lowest BCUT2D eigenvalue weighted by Crippen LogP contribution is -2.51. The van der Waals surface area contributed by atoms with Crippen molar-refractivity contribution in [3.63, 3.8) is 0 Å². The van der Waals surface area contributed by atoms with Crippen LogP contribution in [0.25, 0.3) is 0 Å². The van der Waals surface area contributed by atoms with Gasteiger partial charge >= 0.3 is 0 Å². The van der Waals surface area contributed by atoms with Crippen LogP contribution in [0.1, 0.15) is 26.2 Å². The van der Waals surface area contributed by atoms with E-state index in [0.29, 0.717) is 32.5 Å². The number of nitrogens with one attached hydrogen (secondary N) is 1. The van der Waals surface area contributed by atoms with Gasteiger partial charge in [-0.25, -0.2) is 8.42 Å². The van der Waals surface area contributed by atoms with Crippen LogP contribution in [0.5, 0.6) is 0 Å². The lowest BCUT2D eigenvalue weighted by molar-refractivity contribution is -0.133. The largest absolute Gasteiger partial charge is 0.381 e. The van der Waals surface area contributed by atoms with E-state index in [1.165, 1.54) is 0 Å². The number of ether oxygens (including phenoxy) is 1. The zero-order valence-electron chi connectivity index (χ0n) is 10.1. The molecular formula is C10H20N2O4S. The molecule has 7 heteroatoms. The van der Waals surface area contributed by atoms with Gasteiger partial charge in [-0.1, -0.05) is 6.92 Å². The Balaban J connectivity index is 2.73. The van der Waals surface area contributed by atoms with Crippen LogP contribution in [-0.2, 0) is 19.6 Å². The fraction of sp³-hybridized carbons (Fsp3) is 0.900. The zero-order valence-corrected chi connectivity index (χ0v) is 10.9. The number of sulfonamides is 1. The van der Waals surface area contributed by atoms with Crippen LogP contribution in [0, 0.1) is 5.41 Å². The van der Waals surface area contributed by atoms with E-state index in [-0.39, 0.29) is 12.3 Å². The van der Waals surface area contributed by atoms with Gasteiger partial charge < -0.3 is 10.5 Å². The molecule has 1 amide bonds. The summed E-state index contributed by atoms with van der Waals surface area (Å²) in [6.45, 7) is 2.78. The predicted octanol–water partition coefficient (Wildman–Crippen LogP) is -0.402. The van der Waals surface area contributed by atoms with Crippen molar-refractivity contribution in [1.82, 2.24) is 4.72 Å². The summed E-state index contributed by atoms with van der Waals surface area (Å²) in [4.78, 5) is 12.0. The highest BCUT2D eigenvalue weighted by atomic mass is 32.2. The number of carbonyl (C=O) groups is 1. The first-order chi connectivity index (χ1) is 7.96. The van der Waals surface area contributed by atoms with E-state index in [2.05, 4.69) is 4.72 Å². The first-order valence-corrected chi connectivity index (χ1v) is 7.44. The summed E-state index contributed by atoms with van der Waals surface area (Å²) in [5, 5.41) is 0. The Morgan fingerprint density at radius 1 is 1.41 bits per heavy atom. The highest BCUT2D eigenvalue weighted by Crippen LogP contribution is 2.29. The molecule has 0 aromatic rings. The summed E-state index contributed by atoms with van der Waals surface area (Å²) >= 11 is 0. The third-order valence-electron chi connectivity index (χ3n) is 3.04. The Kier molecular flexibility index (Phi) is 4.91. The van der Waals surface area contributed by atoms with Crippen LogP contribution in [0.4, 0.5) is 0 Å². The first kappa shape index (κ1) is 14.4. The van der Waals surface area contributed by atoms with E-state index >= 15 is 0 Å². The van der Waals surface area contributed by atoms with E-state index in [1.807, 2.05) is 0 Å². The quantitative estimate of drug-likeness (QED) is 0.704. The van der Waals surface area contributed by atoms with Crippen molar-refractivity contribution in [2.24, 2.45) is 11.1 Å². The molecule has 17 heavy (non-hydrogen) atoms. The Hall–Kier alpha value is -0.660. The van der Waals surface area contributed by atoms with Crippen LogP contribution in [0.3, 0.4) is 0 Å². The molecule has 0 radical (unpaired) electrons. The van der Waals surface area contributed by atoms with Gasteiger partial charge in [0.05, 0.1) is 11.2 Å². The van der Waals surface area contributed by atoms with Crippen LogP contribution in [0.2, 0.25) is 0 Å². The van der Waals surface area contributed by atoms with Crippen molar-refractivity contribution < 1.29 is 17.9 Å². The van der Waals surface area contributed by atoms with Crippen LogP contribution < -0.4 is 10.5 Å². The topological polar surface area (TPSA) is 98.5 Å². The highest BCUT2D eigenvalue weighted by Gasteiger charge is 2.40. The number of carbonyl (C=O) groups excluding carboxylic acids is 1. The number of amides is 1. The number of rotatable bonds is 5. The molecule has 1 fully saturated rings. The van der Waals surface area contributed by atoms with Gasteiger partial charge in [0.1, 0.15) is 0 Å². The van der Waals surface area contributed by atoms with E-state index < -0.39 is 21.3 Å². The number of nitrogens with two attached hydrogens (primary N) is 1. The fourth-order valence-electron chi connectivity index (χ4n) is 1.86. The number of hydrogen-bond donors (Lipinski definition) is 2. The molecule has 1 aliphatic heterocycles. The lowest BCUT2D eigenvalue weighted by Gasteiger charge is -2.34. The lowest BCUT2D eigenvalue weighted by atomic mass is 9.80. The van der Waals surface area contributed by atoms with Gasteiger partial charge in [-0.15, -0.1) is 0 Å². The minimum atomic E-state index is -3.52. The molecule has 1 heterocycles. The molecule has 1 rings (SSSR count). The van der Waals surface area contributed by atoms with E-state index in [9.17, 15) is 13.2 Å². The predicted molar refractivity (Wildman–Crippen MR) is 63.8 cm³/mol. The minimum Gasteiger partial charge on any atom is -0.381 e. The van der Waals surface area contributed by atoms with Gasteiger partial charge in [0.15, 0.2) is 0 Å². The second-order valence-corrected chi connectivity index (χ2v) is 6.19. The molecule has 0 aromatic carbocycles. The second kappa shape index (κ2) is 5.79. The molecule has 0 aromatic heterocycles. The molecular weight excluding hydrogens is 244 g/mol. The van der Waals surface area contributed by atoms with Gasteiger partial charge in [-0.05, 0) is 19.3 Å². The van der Waals surface area contributed by atoms with Gasteiger partial charge in [-0.3, -0.25) is 9.52 Å². The average molecular weight is 264 g/mol. The molecule has 3 N–H and O–H groups in total. The van der Waals surface area contributed by atoms with Gasteiger partial charge in [-0.2, -0.15) is 0 Å². The first-order valence-electron chi connectivity index (χ1n) is 5.78. The van der Waals surface area contributed by atoms with Gasteiger partial charge in [0.25, 0.3) is 0 Å². The molecule has 100 valence electrons. The Labute approximate surface area is 102 Å². The maximum Gasteiger partial charge on any atom is 0.241 e. The molecule has 1 aliphatic rings. The fourth-order valence-corrected chi connectivity index (χ4v) is 2.99. The molecule has 0 spiro atoms. The molecule has 0 unspecified atom stereocenters. The Morgan fingerprint density at radius 3 is 2.47 bits per heavy atom. The molecule has 0 saturated carbocycles. The van der Waals surface area contributed by atoms with Crippen molar-refractivity contribution in [2.45, 2.75) is 26.2 Å². The SMILES string of the molecule is CCCS(=O)(=O)NC(=O)C1(CN)CCOCC1. The average Bonchev–Trinajstić information content (AvgIpc) is 2.29. The van der Waals surface area contributed by atoms with Crippen LogP contribution in [-0.4, -0.2) is 39.8 Å². The summed E-state index contributed by atoms with van der Waals surface area (Å²) < 4.78 is 30.4.